The second kappa shape index (κ2) is 12.7. The highest BCUT2D eigenvalue weighted by Crippen LogP contribution is 2.35. The Labute approximate surface area is 280 Å². The van der Waals surface area contributed by atoms with Crippen molar-refractivity contribution in [2.75, 3.05) is 0 Å². The van der Waals surface area contributed by atoms with E-state index in [9.17, 15) is 0 Å². The summed E-state index contributed by atoms with van der Waals surface area (Å²) in [6.07, 6.45) is 1.76. The molecule has 0 fully saturated rings. The van der Waals surface area contributed by atoms with E-state index in [4.69, 9.17) is 19.9 Å². The summed E-state index contributed by atoms with van der Waals surface area (Å²) in [5.41, 5.74) is 13.6. The standard InChI is InChI=1S/C44H34N4/c1-3-36-24-22-33-23-25-38-39(27-37(4-2)46-43(38)42(33)45-36)30-20-18-29(19-21-30)34-16-11-17-35(26-34)44-47-40(31-12-7-5-8-13-31)28-41(48-44)32-14-9-6-10-15-32/h5-28H,3-4H2,1-2H3. The van der Waals surface area contributed by atoms with E-state index in [2.05, 4.69) is 123 Å². The van der Waals surface area contributed by atoms with Gasteiger partial charge in [0.15, 0.2) is 5.82 Å². The van der Waals surface area contributed by atoms with Gasteiger partial charge >= 0.3 is 0 Å². The predicted octanol–water partition coefficient (Wildman–Crippen LogP) is 11.0. The SMILES string of the molecule is CCc1ccc2ccc3c(-c4ccc(-c5cccc(-c6nc(-c7ccccc7)cc(-c7ccccc7)n6)c5)cc4)cc(CC)nc3c2n1. The van der Waals surface area contributed by atoms with Crippen molar-refractivity contribution in [3.8, 4) is 56.2 Å². The molecule has 0 amide bonds. The van der Waals surface area contributed by atoms with Gasteiger partial charge in [-0.2, -0.15) is 0 Å². The maximum absolute atomic E-state index is 5.06. The number of fused-ring (bicyclic) bond motifs is 3. The van der Waals surface area contributed by atoms with E-state index in [0.29, 0.717) is 5.82 Å². The third kappa shape index (κ3) is 5.62. The van der Waals surface area contributed by atoms with E-state index in [-0.39, 0.29) is 0 Å². The van der Waals surface area contributed by atoms with Gasteiger partial charge in [-0.25, -0.2) is 9.97 Å². The quantitative estimate of drug-likeness (QED) is 0.167. The van der Waals surface area contributed by atoms with Gasteiger partial charge in [0.25, 0.3) is 0 Å². The summed E-state index contributed by atoms with van der Waals surface area (Å²) in [7, 11) is 0. The summed E-state index contributed by atoms with van der Waals surface area (Å²) in [6.45, 7) is 4.30. The minimum Gasteiger partial charge on any atom is -0.251 e. The van der Waals surface area contributed by atoms with Gasteiger partial charge in [0.05, 0.1) is 22.4 Å². The molecule has 0 aliphatic heterocycles. The molecule has 230 valence electrons. The van der Waals surface area contributed by atoms with Crippen molar-refractivity contribution < 1.29 is 0 Å². The van der Waals surface area contributed by atoms with Crippen LogP contribution in [-0.4, -0.2) is 19.9 Å². The zero-order chi connectivity index (χ0) is 32.5. The summed E-state index contributed by atoms with van der Waals surface area (Å²) in [5.74, 6) is 0.705. The zero-order valence-corrected chi connectivity index (χ0v) is 27.1. The Morgan fingerprint density at radius 3 is 1.65 bits per heavy atom. The monoisotopic (exact) mass is 618 g/mol. The lowest BCUT2D eigenvalue weighted by Gasteiger charge is -2.13. The second-order valence-corrected chi connectivity index (χ2v) is 12.1. The first kappa shape index (κ1) is 29.4. The zero-order valence-electron chi connectivity index (χ0n) is 27.1. The normalized spacial score (nSPS) is 11.3. The third-order valence-electron chi connectivity index (χ3n) is 8.99. The lowest BCUT2D eigenvalue weighted by atomic mass is 9.95. The molecule has 0 spiro atoms. The molecule has 48 heavy (non-hydrogen) atoms. The van der Waals surface area contributed by atoms with Gasteiger partial charge in [0.1, 0.15) is 0 Å². The van der Waals surface area contributed by atoms with Crippen molar-refractivity contribution in [3.05, 3.63) is 157 Å². The molecule has 0 saturated carbocycles. The fourth-order valence-corrected chi connectivity index (χ4v) is 6.35. The van der Waals surface area contributed by atoms with Crippen LogP contribution in [0.3, 0.4) is 0 Å². The number of hydrogen-bond acceptors (Lipinski definition) is 4. The molecule has 8 rings (SSSR count). The molecule has 4 nitrogen and oxygen atoms in total. The number of pyridine rings is 2. The highest BCUT2D eigenvalue weighted by atomic mass is 14.9. The fraction of sp³-hybridized carbons (Fsp3) is 0.0909. The minimum atomic E-state index is 0.705. The fourth-order valence-electron chi connectivity index (χ4n) is 6.35. The lowest BCUT2D eigenvalue weighted by molar-refractivity contribution is 1.05. The smallest absolute Gasteiger partial charge is 0.160 e. The average molecular weight is 619 g/mol. The van der Waals surface area contributed by atoms with Crippen LogP contribution in [0.25, 0.3) is 78.0 Å². The van der Waals surface area contributed by atoms with Crippen LogP contribution in [0.1, 0.15) is 25.2 Å². The number of rotatable bonds is 7. The predicted molar refractivity (Wildman–Crippen MR) is 199 cm³/mol. The van der Waals surface area contributed by atoms with Crippen molar-refractivity contribution in [1.82, 2.24) is 19.9 Å². The van der Waals surface area contributed by atoms with Crippen molar-refractivity contribution in [1.29, 1.82) is 0 Å². The van der Waals surface area contributed by atoms with E-state index in [1.807, 2.05) is 36.4 Å². The van der Waals surface area contributed by atoms with Gasteiger partial charge in [0, 0.05) is 38.9 Å². The number of hydrogen-bond donors (Lipinski definition) is 0. The molecule has 0 N–H and O–H groups in total. The number of aromatic nitrogens is 4. The highest BCUT2D eigenvalue weighted by molar-refractivity contribution is 6.08. The molecule has 8 aromatic rings. The molecular weight excluding hydrogens is 585 g/mol. The Kier molecular flexibility index (Phi) is 7.75. The Morgan fingerprint density at radius 2 is 0.979 bits per heavy atom. The van der Waals surface area contributed by atoms with Gasteiger partial charge < -0.3 is 0 Å². The first-order chi connectivity index (χ1) is 23.7. The van der Waals surface area contributed by atoms with Gasteiger partial charge in [-0.3, -0.25) is 9.97 Å². The van der Waals surface area contributed by atoms with Gasteiger partial charge in [-0.15, -0.1) is 0 Å². The van der Waals surface area contributed by atoms with E-state index in [1.165, 1.54) is 5.56 Å². The van der Waals surface area contributed by atoms with Crippen LogP contribution in [0.15, 0.2) is 146 Å². The van der Waals surface area contributed by atoms with Crippen molar-refractivity contribution in [2.24, 2.45) is 0 Å². The Balaban J connectivity index is 1.19. The van der Waals surface area contributed by atoms with Crippen LogP contribution < -0.4 is 0 Å². The van der Waals surface area contributed by atoms with Gasteiger partial charge in [-0.05, 0) is 59.4 Å². The second-order valence-electron chi connectivity index (χ2n) is 12.1. The molecular formula is C44H34N4. The number of aryl methyl sites for hydroxylation is 2. The molecule has 0 bridgehead atoms. The minimum absolute atomic E-state index is 0.705. The Bertz CT molecular complexity index is 2340. The first-order valence-corrected chi connectivity index (χ1v) is 16.6. The van der Waals surface area contributed by atoms with Gasteiger partial charge in [-0.1, -0.05) is 135 Å². The summed E-state index contributed by atoms with van der Waals surface area (Å²) in [6, 6.07) is 50.9. The van der Waals surface area contributed by atoms with Crippen LogP contribution >= 0.6 is 0 Å². The molecule has 3 aromatic heterocycles. The van der Waals surface area contributed by atoms with E-state index >= 15 is 0 Å². The maximum Gasteiger partial charge on any atom is 0.160 e. The van der Waals surface area contributed by atoms with Crippen molar-refractivity contribution in [2.45, 2.75) is 26.7 Å². The van der Waals surface area contributed by atoms with Crippen molar-refractivity contribution >= 4 is 21.8 Å². The van der Waals surface area contributed by atoms with Crippen LogP contribution in [0, 0.1) is 0 Å². The van der Waals surface area contributed by atoms with Crippen LogP contribution in [0.4, 0.5) is 0 Å². The van der Waals surface area contributed by atoms with Crippen LogP contribution in [0.5, 0.6) is 0 Å². The molecule has 3 heterocycles. The van der Waals surface area contributed by atoms with Crippen molar-refractivity contribution in [3.63, 3.8) is 0 Å². The summed E-state index contributed by atoms with van der Waals surface area (Å²) in [5, 5.41) is 2.25. The number of nitrogens with zero attached hydrogens (tertiary/aromatic N) is 4. The molecule has 5 aromatic carbocycles. The lowest BCUT2D eigenvalue weighted by Crippen LogP contribution is -1.96. The molecule has 4 heteroatoms. The summed E-state index contributed by atoms with van der Waals surface area (Å²) < 4.78 is 0. The van der Waals surface area contributed by atoms with Crippen LogP contribution in [-0.2, 0) is 12.8 Å². The van der Waals surface area contributed by atoms with E-state index < -0.39 is 0 Å². The Morgan fingerprint density at radius 1 is 0.396 bits per heavy atom. The largest absolute Gasteiger partial charge is 0.251 e. The molecule has 0 aliphatic rings. The Hall–Kier alpha value is -6.00. The average Bonchev–Trinajstić information content (AvgIpc) is 3.17. The molecule has 0 saturated heterocycles. The summed E-state index contributed by atoms with van der Waals surface area (Å²) in [4.78, 5) is 20.1. The number of benzene rings is 5. The molecule has 0 atom stereocenters. The molecule has 0 unspecified atom stereocenters. The van der Waals surface area contributed by atoms with Gasteiger partial charge in [0.2, 0.25) is 0 Å². The summed E-state index contributed by atoms with van der Waals surface area (Å²) >= 11 is 0. The molecule has 0 radical (unpaired) electrons. The molecule has 0 aliphatic carbocycles. The van der Waals surface area contributed by atoms with Crippen LogP contribution in [0.2, 0.25) is 0 Å². The third-order valence-corrected chi connectivity index (χ3v) is 8.99. The maximum atomic E-state index is 5.06. The van der Waals surface area contributed by atoms with E-state index in [0.717, 1.165) is 90.8 Å². The first-order valence-electron chi connectivity index (χ1n) is 16.6. The highest BCUT2D eigenvalue weighted by Gasteiger charge is 2.14. The topological polar surface area (TPSA) is 51.6 Å². The van der Waals surface area contributed by atoms with E-state index in [1.54, 1.807) is 0 Å².